The molecule has 202 valence electrons. The number of hydrogen-bond donors (Lipinski definition) is 2. The van der Waals surface area contributed by atoms with E-state index >= 15 is 0 Å². The number of ether oxygens (including phenoxy) is 1. The molecule has 2 N–H and O–H groups in total. The van der Waals surface area contributed by atoms with Crippen molar-refractivity contribution in [3.8, 4) is 0 Å². The fourth-order valence-corrected chi connectivity index (χ4v) is 4.72. The van der Waals surface area contributed by atoms with Crippen LogP contribution in [0.3, 0.4) is 0 Å². The van der Waals surface area contributed by atoms with Gasteiger partial charge in [-0.25, -0.2) is 4.79 Å². The quantitative estimate of drug-likeness (QED) is 0.366. The number of nitrogens with zero attached hydrogens (tertiary/aromatic N) is 1. The molecule has 1 aliphatic heterocycles. The minimum atomic E-state index is -0.963. The van der Waals surface area contributed by atoms with E-state index in [0.717, 1.165) is 11.1 Å². The van der Waals surface area contributed by atoms with Crippen LogP contribution in [0.25, 0.3) is 0 Å². The van der Waals surface area contributed by atoms with E-state index in [1.54, 1.807) is 66.7 Å². The molecule has 0 saturated carbocycles. The summed E-state index contributed by atoms with van der Waals surface area (Å²) < 4.78 is 4.92. The van der Waals surface area contributed by atoms with Gasteiger partial charge in [-0.2, -0.15) is 0 Å². The number of carbonyl (C=O) groups is 4. The van der Waals surface area contributed by atoms with Crippen LogP contribution in [0, 0.1) is 0 Å². The summed E-state index contributed by atoms with van der Waals surface area (Å²) in [5.74, 6) is -1.45. The molecule has 0 aliphatic carbocycles. The third-order valence-electron chi connectivity index (χ3n) is 6.46. The number of amides is 3. The molecule has 4 rings (SSSR count). The van der Waals surface area contributed by atoms with Crippen molar-refractivity contribution in [2.24, 2.45) is 0 Å². The maximum Gasteiger partial charge on any atom is 0.328 e. The second-order valence-corrected chi connectivity index (χ2v) is 9.94. The summed E-state index contributed by atoms with van der Waals surface area (Å²) in [5.41, 5.74) is 2.61. The van der Waals surface area contributed by atoms with Crippen LogP contribution in [0.2, 0.25) is 10.0 Å². The third kappa shape index (κ3) is 7.16. The van der Waals surface area contributed by atoms with Crippen LogP contribution in [0.1, 0.15) is 34.3 Å². The lowest BCUT2D eigenvalue weighted by molar-refractivity contribution is -0.146. The first-order chi connectivity index (χ1) is 18.7. The summed E-state index contributed by atoms with van der Waals surface area (Å²) in [4.78, 5) is 52.2. The number of hydrogen-bond acceptors (Lipinski definition) is 5. The Balaban J connectivity index is 1.41. The van der Waals surface area contributed by atoms with Gasteiger partial charge in [0.2, 0.25) is 11.8 Å². The summed E-state index contributed by atoms with van der Waals surface area (Å²) in [6.07, 6.45) is 0.715. The molecule has 3 aromatic rings. The van der Waals surface area contributed by atoms with Gasteiger partial charge in [0.1, 0.15) is 12.1 Å². The fourth-order valence-electron chi connectivity index (χ4n) is 4.40. The van der Waals surface area contributed by atoms with Crippen molar-refractivity contribution in [2.75, 3.05) is 12.4 Å². The van der Waals surface area contributed by atoms with Crippen molar-refractivity contribution < 1.29 is 23.9 Å². The second kappa shape index (κ2) is 12.8. The first kappa shape index (κ1) is 28.1. The zero-order valence-electron chi connectivity index (χ0n) is 21.2. The topological polar surface area (TPSA) is 105 Å². The highest BCUT2D eigenvalue weighted by Crippen LogP contribution is 2.26. The van der Waals surface area contributed by atoms with Gasteiger partial charge >= 0.3 is 5.97 Å². The van der Waals surface area contributed by atoms with Crippen LogP contribution < -0.4 is 10.6 Å². The van der Waals surface area contributed by atoms with Gasteiger partial charge in [-0.3, -0.25) is 14.4 Å². The van der Waals surface area contributed by atoms with Crippen LogP contribution in [0.5, 0.6) is 0 Å². The Kier molecular flexibility index (Phi) is 9.22. The number of carbonyl (C=O) groups excluding carboxylic acids is 4. The molecule has 2 atom stereocenters. The van der Waals surface area contributed by atoms with Crippen LogP contribution in [0.4, 0.5) is 5.69 Å². The highest BCUT2D eigenvalue weighted by Gasteiger charge is 2.37. The van der Waals surface area contributed by atoms with Crippen LogP contribution in [-0.2, 0) is 32.1 Å². The Morgan fingerprint density at radius 2 is 1.67 bits per heavy atom. The predicted molar refractivity (Wildman–Crippen MR) is 149 cm³/mol. The molecule has 0 spiro atoms. The molecule has 0 unspecified atom stereocenters. The van der Waals surface area contributed by atoms with Crippen molar-refractivity contribution in [2.45, 2.75) is 37.9 Å². The van der Waals surface area contributed by atoms with Gasteiger partial charge in [0.15, 0.2) is 0 Å². The average Bonchev–Trinajstić information content (AvgIpc) is 3.31. The molecule has 39 heavy (non-hydrogen) atoms. The Morgan fingerprint density at radius 1 is 0.974 bits per heavy atom. The van der Waals surface area contributed by atoms with E-state index < -0.39 is 24.0 Å². The molecule has 0 bridgehead atoms. The number of rotatable bonds is 9. The molecule has 1 fully saturated rings. The number of benzene rings is 3. The molecule has 0 radical (unpaired) electrons. The van der Waals surface area contributed by atoms with Gasteiger partial charge in [0.05, 0.1) is 17.2 Å². The minimum absolute atomic E-state index is 0.163. The molecule has 0 aromatic heterocycles. The molecular formula is C29H27Cl2N3O5. The number of esters is 1. The van der Waals surface area contributed by atoms with Crippen molar-refractivity contribution in [1.29, 1.82) is 0 Å². The van der Waals surface area contributed by atoms with Crippen molar-refractivity contribution >= 4 is 52.6 Å². The average molecular weight is 568 g/mol. The smallest absolute Gasteiger partial charge is 0.328 e. The molecule has 1 saturated heterocycles. The standard InChI is InChI=1S/C29H27Cl2N3O5/c1-39-29(38)24(16-18-7-10-21(11-8-18)32-27(36)20-5-3-2-4-6-20)33-28(37)25-13-14-26(35)34(25)17-19-9-12-22(30)23(31)15-19/h2-12,15,24-25H,13-14,16-17H2,1H3,(H,32,36)(H,33,37)/t24-,25-/m0/s1. The zero-order valence-corrected chi connectivity index (χ0v) is 22.7. The maximum absolute atomic E-state index is 13.2. The van der Waals surface area contributed by atoms with E-state index in [-0.39, 0.29) is 31.2 Å². The first-order valence-corrected chi connectivity index (χ1v) is 13.1. The van der Waals surface area contributed by atoms with Crippen LogP contribution >= 0.6 is 23.2 Å². The van der Waals surface area contributed by atoms with E-state index in [0.29, 0.717) is 27.7 Å². The Bertz CT molecular complexity index is 1370. The van der Waals surface area contributed by atoms with Gasteiger partial charge in [0.25, 0.3) is 5.91 Å². The van der Waals surface area contributed by atoms with E-state index in [1.165, 1.54) is 12.0 Å². The highest BCUT2D eigenvalue weighted by molar-refractivity contribution is 6.42. The number of anilines is 1. The monoisotopic (exact) mass is 567 g/mol. The molecule has 8 nitrogen and oxygen atoms in total. The Morgan fingerprint density at radius 3 is 2.33 bits per heavy atom. The molecule has 1 aliphatic rings. The van der Waals surface area contributed by atoms with Crippen molar-refractivity contribution in [3.05, 3.63) is 99.5 Å². The maximum atomic E-state index is 13.2. The fraction of sp³-hybridized carbons (Fsp3) is 0.241. The van der Waals surface area contributed by atoms with Gasteiger partial charge < -0.3 is 20.3 Å². The summed E-state index contributed by atoms with van der Waals surface area (Å²) in [5, 5.41) is 6.34. The van der Waals surface area contributed by atoms with E-state index in [1.807, 2.05) is 6.07 Å². The first-order valence-electron chi connectivity index (χ1n) is 12.3. The summed E-state index contributed by atoms with van der Waals surface area (Å²) in [6.45, 7) is 0.187. The van der Waals surface area contributed by atoms with Gasteiger partial charge in [-0.1, -0.05) is 59.6 Å². The summed E-state index contributed by atoms with van der Waals surface area (Å²) in [7, 11) is 1.25. The van der Waals surface area contributed by atoms with Crippen LogP contribution in [-0.4, -0.2) is 47.8 Å². The van der Waals surface area contributed by atoms with E-state index in [4.69, 9.17) is 27.9 Å². The lowest BCUT2D eigenvalue weighted by Crippen LogP contribution is -2.51. The number of methoxy groups -OCH3 is 1. The van der Waals surface area contributed by atoms with E-state index in [2.05, 4.69) is 10.6 Å². The van der Waals surface area contributed by atoms with Gasteiger partial charge in [0, 0.05) is 30.6 Å². The predicted octanol–water partition coefficient (Wildman–Crippen LogP) is 4.64. The molecule has 3 amide bonds. The highest BCUT2D eigenvalue weighted by atomic mass is 35.5. The van der Waals surface area contributed by atoms with Crippen molar-refractivity contribution in [3.63, 3.8) is 0 Å². The molecule has 1 heterocycles. The number of nitrogens with one attached hydrogen (secondary N) is 2. The van der Waals surface area contributed by atoms with Crippen LogP contribution in [0.15, 0.2) is 72.8 Å². The minimum Gasteiger partial charge on any atom is -0.467 e. The molecule has 10 heteroatoms. The Hall–Kier alpha value is -3.88. The third-order valence-corrected chi connectivity index (χ3v) is 7.20. The zero-order chi connectivity index (χ0) is 27.9. The molecule has 3 aromatic carbocycles. The summed E-state index contributed by atoms with van der Waals surface area (Å²) >= 11 is 12.1. The Labute approximate surface area is 236 Å². The lowest BCUT2D eigenvalue weighted by atomic mass is 10.0. The van der Waals surface area contributed by atoms with Crippen molar-refractivity contribution in [1.82, 2.24) is 10.2 Å². The number of likely N-dealkylation sites (tertiary alicyclic amines) is 1. The second-order valence-electron chi connectivity index (χ2n) is 9.13. The van der Waals surface area contributed by atoms with E-state index in [9.17, 15) is 19.2 Å². The normalized spacial score (nSPS) is 15.5. The summed E-state index contributed by atoms with van der Waals surface area (Å²) in [6, 6.07) is 19.2. The SMILES string of the molecule is COC(=O)[C@H](Cc1ccc(NC(=O)c2ccccc2)cc1)NC(=O)[C@@H]1CCC(=O)N1Cc1ccc(Cl)c(Cl)c1. The lowest BCUT2D eigenvalue weighted by Gasteiger charge is -2.26. The number of halogens is 2. The van der Waals surface area contributed by atoms with Gasteiger partial charge in [-0.15, -0.1) is 0 Å². The largest absolute Gasteiger partial charge is 0.467 e. The van der Waals surface area contributed by atoms with Gasteiger partial charge in [-0.05, 0) is 53.9 Å². The molecular weight excluding hydrogens is 541 g/mol.